The second-order valence-electron chi connectivity index (χ2n) is 5.77. The van der Waals surface area contributed by atoms with Gasteiger partial charge in [0.1, 0.15) is 0 Å². The maximum atomic E-state index is 5.67. The molecule has 0 aliphatic carbocycles. The molecule has 114 valence electrons. The van der Waals surface area contributed by atoms with E-state index in [0.717, 1.165) is 32.5 Å². The van der Waals surface area contributed by atoms with Crippen molar-refractivity contribution in [1.82, 2.24) is 15.5 Å². The van der Waals surface area contributed by atoms with Crippen molar-refractivity contribution in [1.29, 1.82) is 0 Å². The average molecular weight is 282 g/mol. The maximum absolute atomic E-state index is 5.67. The first-order valence-corrected chi connectivity index (χ1v) is 7.57. The van der Waals surface area contributed by atoms with Crippen LogP contribution in [0.15, 0.2) is 4.42 Å². The SMILES string of the molecule is CCC1OCCC1CNc1nnc(CNCC(C)C)o1. The Morgan fingerprint density at radius 1 is 1.35 bits per heavy atom. The summed E-state index contributed by atoms with van der Waals surface area (Å²) >= 11 is 0. The molecule has 0 saturated carbocycles. The van der Waals surface area contributed by atoms with Crippen LogP contribution in [-0.4, -0.2) is 36.0 Å². The van der Waals surface area contributed by atoms with Crippen LogP contribution in [0.1, 0.15) is 39.5 Å². The minimum Gasteiger partial charge on any atom is -0.407 e. The van der Waals surface area contributed by atoms with E-state index in [-0.39, 0.29) is 0 Å². The summed E-state index contributed by atoms with van der Waals surface area (Å²) in [6, 6.07) is 0.508. The Morgan fingerprint density at radius 2 is 2.20 bits per heavy atom. The van der Waals surface area contributed by atoms with Crippen molar-refractivity contribution >= 4 is 6.01 Å². The summed E-state index contributed by atoms with van der Waals surface area (Å²) in [5.74, 6) is 1.78. The molecule has 2 N–H and O–H groups in total. The summed E-state index contributed by atoms with van der Waals surface area (Å²) in [6.45, 7) is 9.76. The second-order valence-corrected chi connectivity index (χ2v) is 5.77. The van der Waals surface area contributed by atoms with Crippen molar-refractivity contribution < 1.29 is 9.15 Å². The zero-order valence-electron chi connectivity index (χ0n) is 12.7. The van der Waals surface area contributed by atoms with Crippen LogP contribution < -0.4 is 10.6 Å². The van der Waals surface area contributed by atoms with Crippen LogP contribution in [-0.2, 0) is 11.3 Å². The normalized spacial score (nSPS) is 22.6. The Balaban J connectivity index is 1.72. The molecule has 1 aromatic rings. The fourth-order valence-corrected chi connectivity index (χ4v) is 2.46. The Bertz CT molecular complexity index is 394. The molecule has 1 saturated heterocycles. The number of hydrogen-bond donors (Lipinski definition) is 2. The molecule has 0 bridgehead atoms. The van der Waals surface area contributed by atoms with Gasteiger partial charge in [-0.2, -0.15) is 0 Å². The van der Waals surface area contributed by atoms with Crippen LogP contribution in [0.25, 0.3) is 0 Å². The highest BCUT2D eigenvalue weighted by molar-refractivity contribution is 5.17. The van der Waals surface area contributed by atoms with Crippen LogP contribution in [0.5, 0.6) is 0 Å². The summed E-state index contributed by atoms with van der Waals surface area (Å²) in [5.41, 5.74) is 0. The van der Waals surface area contributed by atoms with E-state index in [1.54, 1.807) is 0 Å². The molecule has 1 aliphatic heterocycles. The zero-order valence-corrected chi connectivity index (χ0v) is 12.7. The molecule has 0 radical (unpaired) electrons. The third-order valence-corrected chi connectivity index (χ3v) is 3.56. The molecular formula is C14H26N4O2. The largest absolute Gasteiger partial charge is 0.407 e. The average Bonchev–Trinajstić information content (AvgIpc) is 3.04. The van der Waals surface area contributed by atoms with Crippen LogP contribution in [0.2, 0.25) is 0 Å². The number of nitrogens with one attached hydrogen (secondary N) is 2. The topological polar surface area (TPSA) is 72.2 Å². The molecule has 1 aromatic heterocycles. The highest BCUT2D eigenvalue weighted by Crippen LogP contribution is 2.23. The molecule has 2 heterocycles. The number of nitrogens with zero attached hydrogens (tertiary/aromatic N) is 2. The Labute approximate surface area is 120 Å². The Kier molecular flexibility index (Phi) is 5.79. The first-order valence-electron chi connectivity index (χ1n) is 7.57. The van der Waals surface area contributed by atoms with Crippen LogP contribution in [0.4, 0.5) is 6.01 Å². The highest BCUT2D eigenvalue weighted by Gasteiger charge is 2.26. The Morgan fingerprint density at radius 3 is 2.95 bits per heavy atom. The molecule has 2 unspecified atom stereocenters. The number of rotatable bonds is 8. The molecule has 0 aromatic carbocycles. The quantitative estimate of drug-likeness (QED) is 0.760. The van der Waals surface area contributed by atoms with Gasteiger partial charge in [-0.1, -0.05) is 25.9 Å². The van der Waals surface area contributed by atoms with Crippen molar-refractivity contribution in [3.8, 4) is 0 Å². The van der Waals surface area contributed by atoms with E-state index in [0.29, 0.717) is 36.4 Å². The van der Waals surface area contributed by atoms with Crippen LogP contribution in [0.3, 0.4) is 0 Å². The van der Waals surface area contributed by atoms with Crippen molar-refractivity contribution in [3.63, 3.8) is 0 Å². The lowest BCUT2D eigenvalue weighted by Crippen LogP contribution is -2.22. The van der Waals surface area contributed by atoms with Crippen molar-refractivity contribution in [3.05, 3.63) is 5.89 Å². The smallest absolute Gasteiger partial charge is 0.315 e. The number of anilines is 1. The van der Waals surface area contributed by atoms with Crippen molar-refractivity contribution in [2.75, 3.05) is 25.0 Å². The van der Waals surface area contributed by atoms with Gasteiger partial charge >= 0.3 is 6.01 Å². The van der Waals surface area contributed by atoms with Gasteiger partial charge in [0.15, 0.2) is 0 Å². The standard InChI is InChI=1S/C14H26N4O2/c1-4-12-11(5-6-19-12)8-16-14-18-17-13(20-14)9-15-7-10(2)3/h10-12,15H,4-9H2,1-3H3,(H,16,18). The Hall–Kier alpha value is -1.14. The number of hydrogen-bond acceptors (Lipinski definition) is 6. The van der Waals surface area contributed by atoms with Gasteiger partial charge < -0.3 is 19.8 Å². The van der Waals surface area contributed by atoms with Gasteiger partial charge in [0.2, 0.25) is 5.89 Å². The van der Waals surface area contributed by atoms with E-state index < -0.39 is 0 Å². The zero-order chi connectivity index (χ0) is 14.4. The van der Waals surface area contributed by atoms with Gasteiger partial charge in [-0.05, 0) is 25.3 Å². The van der Waals surface area contributed by atoms with Gasteiger partial charge in [0.05, 0.1) is 12.6 Å². The third-order valence-electron chi connectivity index (χ3n) is 3.56. The summed E-state index contributed by atoms with van der Waals surface area (Å²) < 4.78 is 11.2. The van der Waals surface area contributed by atoms with Gasteiger partial charge in [-0.15, -0.1) is 5.10 Å². The molecule has 0 spiro atoms. The van der Waals surface area contributed by atoms with Crippen molar-refractivity contribution in [2.24, 2.45) is 11.8 Å². The number of ether oxygens (including phenoxy) is 1. The molecule has 6 nitrogen and oxygen atoms in total. The molecule has 1 fully saturated rings. The molecule has 1 aliphatic rings. The van der Waals surface area contributed by atoms with E-state index in [2.05, 4.69) is 41.6 Å². The molecule has 2 rings (SSSR count). The monoisotopic (exact) mass is 282 g/mol. The minimum absolute atomic E-state index is 0.359. The first kappa shape index (κ1) is 15.3. The van der Waals surface area contributed by atoms with E-state index in [1.165, 1.54) is 0 Å². The lowest BCUT2D eigenvalue weighted by molar-refractivity contribution is 0.0899. The van der Waals surface area contributed by atoms with E-state index in [4.69, 9.17) is 9.15 Å². The summed E-state index contributed by atoms with van der Waals surface area (Å²) in [4.78, 5) is 0. The maximum Gasteiger partial charge on any atom is 0.315 e. The van der Waals surface area contributed by atoms with Gasteiger partial charge in [0.25, 0.3) is 0 Å². The minimum atomic E-state index is 0.359. The van der Waals surface area contributed by atoms with E-state index in [1.807, 2.05) is 0 Å². The predicted octanol–water partition coefficient (Wildman–Crippen LogP) is 2.04. The molecule has 2 atom stereocenters. The fraction of sp³-hybridized carbons (Fsp3) is 0.857. The fourth-order valence-electron chi connectivity index (χ4n) is 2.46. The lowest BCUT2D eigenvalue weighted by Gasteiger charge is -2.16. The number of aromatic nitrogens is 2. The molecular weight excluding hydrogens is 256 g/mol. The first-order chi connectivity index (χ1) is 9.69. The van der Waals surface area contributed by atoms with Crippen LogP contribution in [0, 0.1) is 11.8 Å². The summed E-state index contributed by atoms with van der Waals surface area (Å²) in [6.07, 6.45) is 2.51. The predicted molar refractivity (Wildman–Crippen MR) is 77.5 cm³/mol. The lowest BCUT2D eigenvalue weighted by atomic mass is 10.00. The van der Waals surface area contributed by atoms with E-state index in [9.17, 15) is 0 Å². The van der Waals surface area contributed by atoms with E-state index >= 15 is 0 Å². The van der Waals surface area contributed by atoms with Crippen molar-refractivity contribution in [2.45, 2.75) is 46.3 Å². The molecule has 0 amide bonds. The van der Waals surface area contributed by atoms with Crippen LogP contribution >= 0.6 is 0 Å². The van der Waals surface area contributed by atoms with Gasteiger partial charge in [-0.3, -0.25) is 0 Å². The van der Waals surface area contributed by atoms with Gasteiger partial charge in [-0.25, -0.2) is 0 Å². The molecule has 20 heavy (non-hydrogen) atoms. The second kappa shape index (κ2) is 7.59. The molecule has 6 heteroatoms. The highest BCUT2D eigenvalue weighted by atomic mass is 16.5. The third kappa shape index (κ3) is 4.45. The summed E-state index contributed by atoms with van der Waals surface area (Å²) in [5, 5.41) is 14.5. The van der Waals surface area contributed by atoms with Gasteiger partial charge in [0, 0.05) is 19.1 Å². The summed E-state index contributed by atoms with van der Waals surface area (Å²) in [7, 11) is 0.